The second-order valence-corrected chi connectivity index (χ2v) is 8.75. The molecule has 0 aromatic carbocycles. The number of nitrogens with one attached hydrogen (secondary N) is 1. The quantitative estimate of drug-likeness (QED) is 0.648. The van der Waals surface area contributed by atoms with Crippen LogP contribution in [0.3, 0.4) is 0 Å². The van der Waals surface area contributed by atoms with Gasteiger partial charge in [-0.15, -0.1) is 5.10 Å². The number of rotatable bonds is 3. The summed E-state index contributed by atoms with van der Waals surface area (Å²) in [5.74, 6) is 0.199. The first kappa shape index (κ1) is 19.3. The molecular weight excluding hydrogens is 390 g/mol. The summed E-state index contributed by atoms with van der Waals surface area (Å²) >= 11 is 0. The predicted molar refractivity (Wildman–Crippen MR) is 103 cm³/mol. The van der Waals surface area contributed by atoms with E-state index in [1.54, 1.807) is 15.3 Å². The van der Waals surface area contributed by atoms with Gasteiger partial charge in [0.1, 0.15) is 11.9 Å². The third kappa shape index (κ3) is 2.96. The maximum atomic E-state index is 13.8. The number of piperidine rings is 1. The number of tetrazole rings is 1. The summed E-state index contributed by atoms with van der Waals surface area (Å²) in [6, 6.07) is 3.12. The van der Waals surface area contributed by atoms with Crippen LogP contribution in [0.2, 0.25) is 0 Å². The number of hydrogen-bond acceptors (Lipinski definition) is 7. The van der Waals surface area contributed by atoms with E-state index < -0.39 is 16.3 Å². The minimum absolute atomic E-state index is 0.0199. The lowest BCUT2D eigenvalue weighted by atomic mass is 9.78. The molecule has 0 spiro atoms. The van der Waals surface area contributed by atoms with Crippen LogP contribution >= 0.6 is 0 Å². The Morgan fingerprint density at radius 2 is 2.00 bits per heavy atom. The molecule has 4 heterocycles. The number of carbonyl (C=O) groups excluding carboxylic acids is 1. The molecule has 1 saturated carbocycles. The first-order chi connectivity index (χ1) is 14.5. The summed E-state index contributed by atoms with van der Waals surface area (Å²) in [5, 5.41) is 31.0. The van der Waals surface area contributed by atoms with Gasteiger partial charge in [0.15, 0.2) is 0 Å². The Labute approximate surface area is 172 Å². The Morgan fingerprint density at radius 3 is 2.70 bits per heavy atom. The molecule has 1 saturated heterocycles. The molecule has 2 bridgehead atoms. The molecule has 5 rings (SSSR count). The third-order valence-electron chi connectivity index (χ3n) is 6.99. The summed E-state index contributed by atoms with van der Waals surface area (Å²) in [5.41, 5.74) is -0.572. The van der Waals surface area contributed by atoms with E-state index in [4.69, 9.17) is 0 Å². The molecular formula is C19H25N7O4. The second-order valence-electron chi connectivity index (χ2n) is 8.75. The summed E-state index contributed by atoms with van der Waals surface area (Å²) in [6.45, 7) is 1.51. The van der Waals surface area contributed by atoms with Crippen LogP contribution in [0.1, 0.15) is 50.1 Å². The van der Waals surface area contributed by atoms with Crippen LogP contribution in [-0.2, 0) is 16.9 Å². The van der Waals surface area contributed by atoms with Gasteiger partial charge >= 0.3 is 5.56 Å². The van der Waals surface area contributed by atoms with Gasteiger partial charge in [0, 0.05) is 37.3 Å². The van der Waals surface area contributed by atoms with Crippen LogP contribution in [0.25, 0.3) is 0 Å². The van der Waals surface area contributed by atoms with E-state index in [2.05, 4.69) is 15.5 Å². The van der Waals surface area contributed by atoms with Crippen molar-refractivity contribution in [3.8, 4) is 0 Å². The summed E-state index contributed by atoms with van der Waals surface area (Å²) < 4.78 is 3.23. The van der Waals surface area contributed by atoms with Crippen molar-refractivity contribution in [1.29, 1.82) is 0 Å². The Bertz CT molecular complexity index is 997. The monoisotopic (exact) mass is 415 g/mol. The van der Waals surface area contributed by atoms with Crippen molar-refractivity contribution in [1.82, 2.24) is 29.7 Å². The number of fused-ring (bicyclic) bond motifs is 4. The Hall–Kier alpha value is -2.63. The van der Waals surface area contributed by atoms with Crippen molar-refractivity contribution in [3.63, 3.8) is 0 Å². The number of aromatic nitrogens is 5. The lowest BCUT2D eigenvalue weighted by Gasteiger charge is -2.46. The second kappa shape index (κ2) is 7.25. The smallest absolute Gasteiger partial charge is 0.315 e. The number of quaternary nitrogens is 1. The maximum absolute atomic E-state index is 13.8. The Balaban J connectivity index is 1.46. The number of nitrogens with zero attached hydrogens (tertiary/aromatic N) is 6. The lowest BCUT2D eigenvalue weighted by molar-refractivity contribution is -0.992. The van der Waals surface area contributed by atoms with Gasteiger partial charge in [-0.3, -0.25) is 9.59 Å². The van der Waals surface area contributed by atoms with Crippen molar-refractivity contribution in [2.45, 2.75) is 56.5 Å². The zero-order valence-electron chi connectivity index (χ0n) is 16.6. The fourth-order valence-corrected chi connectivity index (χ4v) is 5.60. The average Bonchev–Trinajstić information content (AvgIpc) is 3.29. The van der Waals surface area contributed by atoms with Gasteiger partial charge in [0.2, 0.25) is 5.69 Å². The number of hydrogen-bond donors (Lipinski definition) is 2. The van der Waals surface area contributed by atoms with Gasteiger partial charge in [-0.2, -0.15) is 5.23 Å². The molecule has 1 aliphatic carbocycles. The zero-order chi connectivity index (χ0) is 20.9. The highest BCUT2D eigenvalue weighted by atomic mass is 16.8. The maximum Gasteiger partial charge on any atom is 0.315 e. The van der Waals surface area contributed by atoms with E-state index in [-0.39, 0.29) is 23.4 Å². The third-order valence-corrected chi connectivity index (χ3v) is 6.99. The summed E-state index contributed by atoms with van der Waals surface area (Å²) in [6.07, 6.45) is 6.90. The summed E-state index contributed by atoms with van der Waals surface area (Å²) in [7, 11) is 0. The fraction of sp³-hybridized carbons (Fsp3) is 0.632. The standard InChI is InChI=1S/C19H25N7O4/c27-17-16(26(29)30)5-4-15-14-8-13(10-24(15)17)9-23(11-14)18(28)19(6-2-1-3-7-19)25-12-20-21-22-25/h4-5,12-14,26,29H,1-3,6-11H2. The molecule has 3 unspecified atom stereocenters. The normalized spacial score (nSPS) is 26.1. The van der Waals surface area contributed by atoms with Gasteiger partial charge in [-0.25, -0.2) is 9.89 Å². The van der Waals surface area contributed by atoms with Crippen molar-refractivity contribution >= 4 is 11.6 Å². The Kier molecular flexibility index (Phi) is 4.68. The predicted octanol–water partition coefficient (Wildman–Crippen LogP) is -0.456. The van der Waals surface area contributed by atoms with Crippen LogP contribution in [0.4, 0.5) is 5.69 Å². The van der Waals surface area contributed by atoms with Crippen LogP contribution in [0.15, 0.2) is 23.3 Å². The molecule has 1 amide bonds. The molecule has 30 heavy (non-hydrogen) atoms. The molecule has 160 valence electrons. The largest absolute Gasteiger partial charge is 0.595 e. The Morgan fingerprint density at radius 1 is 1.20 bits per heavy atom. The van der Waals surface area contributed by atoms with Gasteiger partial charge < -0.3 is 14.7 Å². The first-order valence-electron chi connectivity index (χ1n) is 10.5. The van der Waals surface area contributed by atoms with Crippen molar-refractivity contribution in [2.24, 2.45) is 5.92 Å². The van der Waals surface area contributed by atoms with Crippen LogP contribution in [0.5, 0.6) is 0 Å². The SMILES string of the molecule is O=C(N1CC2CC(C1)c1ccc([NH+]([O-])O)c(=O)n1C2)C1(n2cnnn2)CCCCC1. The van der Waals surface area contributed by atoms with Gasteiger partial charge in [-0.05, 0) is 41.7 Å². The van der Waals surface area contributed by atoms with E-state index in [9.17, 15) is 20.0 Å². The van der Waals surface area contributed by atoms with Crippen LogP contribution in [0, 0.1) is 11.1 Å². The molecule has 2 aromatic heterocycles. The highest BCUT2D eigenvalue weighted by molar-refractivity contribution is 5.84. The van der Waals surface area contributed by atoms with Gasteiger partial charge in [0.25, 0.3) is 5.91 Å². The summed E-state index contributed by atoms with van der Waals surface area (Å²) in [4.78, 5) is 28.3. The molecule has 2 fully saturated rings. The minimum Gasteiger partial charge on any atom is -0.595 e. The molecule has 2 aliphatic heterocycles. The molecule has 0 radical (unpaired) electrons. The van der Waals surface area contributed by atoms with E-state index in [0.29, 0.717) is 19.6 Å². The van der Waals surface area contributed by atoms with Crippen molar-refractivity contribution in [2.75, 3.05) is 13.1 Å². The minimum atomic E-state index is -1.21. The molecule has 2 N–H and O–H groups in total. The molecule has 11 nitrogen and oxygen atoms in total. The lowest BCUT2D eigenvalue weighted by Crippen LogP contribution is -3.00. The van der Waals surface area contributed by atoms with Crippen molar-refractivity contribution in [3.05, 3.63) is 39.7 Å². The van der Waals surface area contributed by atoms with E-state index in [1.807, 2.05) is 4.90 Å². The molecule has 3 aliphatic rings. The van der Waals surface area contributed by atoms with Crippen LogP contribution < -0.4 is 10.8 Å². The molecule has 2 aromatic rings. The van der Waals surface area contributed by atoms with Crippen LogP contribution in [-0.4, -0.2) is 53.9 Å². The highest BCUT2D eigenvalue weighted by Crippen LogP contribution is 2.40. The van der Waals surface area contributed by atoms with E-state index >= 15 is 0 Å². The number of pyridine rings is 1. The van der Waals surface area contributed by atoms with Crippen molar-refractivity contribution < 1.29 is 15.2 Å². The van der Waals surface area contributed by atoms with Gasteiger partial charge in [-0.1, -0.05) is 19.3 Å². The van der Waals surface area contributed by atoms with E-state index in [0.717, 1.165) is 44.2 Å². The zero-order valence-corrected chi connectivity index (χ0v) is 16.6. The highest BCUT2D eigenvalue weighted by Gasteiger charge is 2.47. The van der Waals surface area contributed by atoms with Gasteiger partial charge in [0.05, 0.1) is 0 Å². The fourth-order valence-electron chi connectivity index (χ4n) is 5.60. The van der Waals surface area contributed by atoms with E-state index in [1.165, 1.54) is 12.4 Å². The molecule has 3 atom stereocenters. The number of likely N-dealkylation sites (tertiary alicyclic amines) is 1. The topological polar surface area (TPSA) is 134 Å². The number of amides is 1. The average molecular weight is 415 g/mol. The first-order valence-corrected chi connectivity index (χ1v) is 10.5. The molecule has 11 heteroatoms. The number of carbonyl (C=O) groups is 1.